The predicted molar refractivity (Wildman–Crippen MR) is 102 cm³/mol. The molecule has 4 atom stereocenters. The molecule has 3 rings (SSSR count). The predicted octanol–water partition coefficient (Wildman–Crippen LogP) is -1.72. The Morgan fingerprint density at radius 3 is 2.52 bits per heavy atom. The van der Waals surface area contributed by atoms with E-state index in [0.29, 0.717) is 32.1 Å². The monoisotopic (exact) mass is 407 g/mol. The number of nitrogens with two attached hydrogens (primary N) is 1. The van der Waals surface area contributed by atoms with Gasteiger partial charge in [0.1, 0.15) is 18.4 Å². The van der Waals surface area contributed by atoms with Crippen LogP contribution in [0.1, 0.15) is 44.9 Å². The number of amides is 4. The lowest BCUT2D eigenvalue weighted by atomic mass is 10.1. The Hall–Kier alpha value is -2.49. The molecular formula is C19H29N5O5. The molecule has 0 radical (unpaired) electrons. The van der Waals surface area contributed by atoms with Gasteiger partial charge in [0.05, 0.1) is 6.04 Å². The van der Waals surface area contributed by atoms with Crippen LogP contribution < -0.4 is 16.4 Å². The van der Waals surface area contributed by atoms with E-state index in [-0.39, 0.29) is 55.6 Å². The van der Waals surface area contributed by atoms with Gasteiger partial charge in [0.15, 0.2) is 0 Å². The van der Waals surface area contributed by atoms with Crippen molar-refractivity contribution >= 4 is 29.9 Å². The third kappa shape index (κ3) is 4.75. The Morgan fingerprint density at radius 1 is 1.07 bits per heavy atom. The molecule has 3 saturated heterocycles. The molecule has 29 heavy (non-hydrogen) atoms. The summed E-state index contributed by atoms with van der Waals surface area (Å²) >= 11 is 0. The summed E-state index contributed by atoms with van der Waals surface area (Å²) in [5.41, 5.74) is 5.45. The number of likely N-dealkylation sites (tertiary alicyclic amines) is 2. The van der Waals surface area contributed by atoms with Crippen molar-refractivity contribution < 1.29 is 24.0 Å². The normalized spacial score (nSPS) is 29.1. The summed E-state index contributed by atoms with van der Waals surface area (Å²) in [5, 5.41) is 5.98. The molecule has 3 aliphatic heterocycles. The first-order chi connectivity index (χ1) is 13.9. The van der Waals surface area contributed by atoms with Gasteiger partial charge in [-0.05, 0) is 38.6 Å². The molecule has 3 aliphatic rings. The molecule has 10 heteroatoms. The number of primary amides is 1. The van der Waals surface area contributed by atoms with E-state index in [2.05, 4.69) is 10.6 Å². The van der Waals surface area contributed by atoms with E-state index >= 15 is 0 Å². The minimum absolute atomic E-state index is 0.0760. The van der Waals surface area contributed by atoms with Crippen molar-refractivity contribution in [3.8, 4) is 0 Å². The maximum absolute atomic E-state index is 13.2. The molecule has 3 heterocycles. The van der Waals surface area contributed by atoms with Crippen molar-refractivity contribution in [2.24, 2.45) is 5.73 Å². The van der Waals surface area contributed by atoms with Gasteiger partial charge in [0.25, 0.3) is 0 Å². The Labute approximate surface area is 169 Å². The van der Waals surface area contributed by atoms with E-state index in [4.69, 9.17) is 5.73 Å². The van der Waals surface area contributed by atoms with E-state index in [0.717, 1.165) is 13.0 Å². The topological polar surface area (TPSA) is 142 Å². The van der Waals surface area contributed by atoms with E-state index in [1.807, 2.05) is 0 Å². The first kappa shape index (κ1) is 21.2. The second-order valence-electron chi connectivity index (χ2n) is 7.95. The fourth-order valence-electron chi connectivity index (χ4n) is 4.52. The van der Waals surface area contributed by atoms with Gasteiger partial charge in [0, 0.05) is 32.0 Å². The van der Waals surface area contributed by atoms with Gasteiger partial charge in [-0.2, -0.15) is 0 Å². The van der Waals surface area contributed by atoms with Crippen LogP contribution in [0.15, 0.2) is 0 Å². The minimum atomic E-state index is -0.735. The standard InChI is InChI=1S/C19H29N5O5/c20-17(27)14-5-2-8-23(14)19(29)15-10-12(22-16(26)6-3-9-25)11-24(15)18(28)13-4-1-7-21-13/h9,12-15,21H,1-8,10-11H2,(H2,20,27)(H,22,26)/t12-,13-,14-,15-/m0/s1. The Morgan fingerprint density at radius 2 is 1.86 bits per heavy atom. The zero-order valence-electron chi connectivity index (χ0n) is 16.5. The molecule has 0 unspecified atom stereocenters. The minimum Gasteiger partial charge on any atom is -0.368 e. The molecule has 0 aromatic rings. The molecule has 0 spiro atoms. The summed E-state index contributed by atoms with van der Waals surface area (Å²) in [6.45, 7) is 1.42. The molecule has 0 aromatic carbocycles. The average Bonchev–Trinajstić information content (AvgIpc) is 3.45. The van der Waals surface area contributed by atoms with E-state index < -0.39 is 18.0 Å². The average molecular weight is 407 g/mol. The van der Waals surface area contributed by atoms with Crippen molar-refractivity contribution in [2.75, 3.05) is 19.6 Å². The molecule has 0 saturated carbocycles. The molecule has 4 N–H and O–H groups in total. The highest BCUT2D eigenvalue weighted by Crippen LogP contribution is 2.26. The number of hydrogen-bond acceptors (Lipinski definition) is 6. The molecule has 0 bridgehead atoms. The first-order valence-electron chi connectivity index (χ1n) is 10.3. The summed E-state index contributed by atoms with van der Waals surface area (Å²) in [6.07, 6.45) is 3.99. The fraction of sp³-hybridized carbons (Fsp3) is 0.737. The maximum Gasteiger partial charge on any atom is 0.246 e. The zero-order valence-corrected chi connectivity index (χ0v) is 16.5. The van der Waals surface area contributed by atoms with Crippen LogP contribution in [0.4, 0.5) is 0 Å². The van der Waals surface area contributed by atoms with Crippen LogP contribution in [-0.4, -0.2) is 83.5 Å². The lowest BCUT2D eigenvalue weighted by Crippen LogP contribution is -2.54. The van der Waals surface area contributed by atoms with E-state index in [1.54, 1.807) is 0 Å². The van der Waals surface area contributed by atoms with Crippen LogP contribution >= 0.6 is 0 Å². The first-order valence-corrected chi connectivity index (χ1v) is 10.3. The molecule has 0 aromatic heterocycles. The highest BCUT2D eigenvalue weighted by atomic mass is 16.2. The van der Waals surface area contributed by atoms with Gasteiger partial charge in [-0.15, -0.1) is 0 Å². The summed E-state index contributed by atoms with van der Waals surface area (Å²) in [4.78, 5) is 63.5. The molecular weight excluding hydrogens is 378 g/mol. The second kappa shape index (κ2) is 9.34. The van der Waals surface area contributed by atoms with Crippen molar-refractivity contribution in [1.29, 1.82) is 0 Å². The number of hydrogen-bond donors (Lipinski definition) is 3. The van der Waals surface area contributed by atoms with Crippen molar-refractivity contribution in [3.63, 3.8) is 0 Å². The van der Waals surface area contributed by atoms with Crippen molar-refractivity contribution in [2.45, 2.75) is 69.1 Å². The summed E-state index contributed by atoms with van der Waals surface area (Å²) in [5.74, 6) is -1.26. The molecule has 160 valence electrons. The van der Waals surface area contributed by atoms with E-state index in [1.165, 1.54) is 9.80 Å². The second-order valence-corrected chi connectivity index (χ2v) is 7.95. The van der Waals surface area contributed by atoms with Gasteiger partial charge < -0.3 is 31.0 Å². The van der Waals surface area contributed by atoms with Crippen LogP contribution in [0, 0.1) is 0 Å². The van der Waals surface area contributed by atoms with E-state index in [9.17, 15) is 24.0 Å². The quantitative estimate of drug-likeness (QED) is 0.429. The Bertz CT molecular complexity index is 678. The fourth-order valence-corrected chi connectivity index (χ4v) is 4.52. The number of rotatable bonds is 7. The molecule has 4 amide bonds. The number of carbonyl (C=O) groups is 5. The Kier molecular flexibility index (Phi) is 6.83. The number of carbonyl (C=O) groups excluding carboxylic acids is 5. The SMILES string of the molecule is NC(=O)[C@@H]1CCCN1C(=O)[C@@H]1C[C@H](NC(=O)CCC=O)CN1C(=O)[C@@H]1CCCN1. The van der Waals surface area contributed by atoms with Gasteiger partial charge in [-0.1, -0.05) is 0 Å². The number of aldehydes is 1. The summed E-state index contributed by atoms with van der Waals surface area (Å²) in [7, 11) is 0. The summed E-state index contributed by atoms with van der Waals surface area (Å²) < 4.78 is 0. The summed E-state index contributed by atoms with van der Waals surface area (Å²) in [6, 6.07) is -2.09. The van der Waals surface area contributed by atoms with Crippen LogP contribution in [0.3, 0.4) is 0 Å². The smallest absolute Gasteiger partial charge is 0.246 e. The van der Waals surface area contributed by atoms with Crippen LogP contribution in [-0.2, 0) is 24.0 Å². The van der Waals surface area contributed by atoms with Gasteiger partial charge in [-0.3, -0.25) is 19.2 Å². The van der Waals surface area contributed by atoms with Crippen molar-refractivity contribution in [3.05, 3.63) is 0 Å². The van der Waals surface area contributed by atoms with Crippen LogP contribution in [0.5, 0.6) is 0 Å². The third-order valence-electron chi connectivity index (χ3n) is 5.95. The number of nitrogens with one attached hydrogen (secondary N) is 2. The lowest BCUT2D eigenvalue weighted by Gasteiger charge is -2.31. The highest BCUT2D eigenvalue weighted by Gasteiger charge is 2.46. The molecule has 0 aliphatic carbocycles. The van der Waals surface area contributed by atoms with Crippen LogP contribution in [0.25, 0.3) is 0 Å². The van der Waals surface area contributed by atoms with Gasteiger partial charge >= 0.3 is 0 Å². The number of nitrogens with zero attached hydrogens (tertiary/aromatic N) is 2. The molecule has 3 fully saturated rings. The lowest BCUT2D eigenvalue weighted by molar-refractivity contribution is -0.146. The zero-order chi connectivity index (χ0) is 21.0. The third-order valence-corrected chi connectivity index (χ3v) is 5.95. The van der Waals surface area contributed by atoms with Crippen LogP contribution in [0.2, 0.25) is 0 Å². The Balaban J connectivity index is 1.74. The molecule has 10 nitrogen and oxygen atoms in total. The van der Waals surface area contributed by atoms with Crippen molar-refractivity contribution in [1.82, 2.24) is 20.4 Å². The van der Waals surface area contributed by atoms with Gasteiger partial charge in [0.2, 0.25) is 23.6 Å². The maximum atomic E-state index is 13.2. The van der Waals surface area contributed by atoms with Gasteiger partial charge in [-0.25, -0.2) is 0 Å². The highest BCUT2D eigenvalue weighted by molar-refractivity contribution is 5.94. The largest absolute Gasteiger partial charge is 0.368 e.